The lowest BCUT2D eigenvalue weighted by Gasteiger charge is -2.25. The molecule has 0 aromatic heterocycles. The topological polar surface area (TPSA) is 278 Å². The minimum atomic E-state index is -1.16. The van der Waals surface area contributed by atoms with Gasteiger partial charge in [-0.05, 0) is 48.4 Å². The van der Waals surface area contributed by atoms with E-state index in [0.717, 1.165) is 5.56 Å². The zero-order valence-corrected chi connectivity index (χ0v) is 26.6. The number of nitrogens with two attached hydrogens (primary N) is 2. The summed E-state index contributed by atoms with van der Waals surface area (Å²) in [5.41, 5.74) is 15.6. The van der Waals surface area contributed by atoms with E-state index in [1.807, 2.05) is 25.3 Å². The van der Waals surface area contributed by atoms with E-state index in [9.17, 15) is 34.4 Å². The van der Waals surface area contributed by atoms with Crippen molar-refractivity contribution in [2.24, 2.45) is 27.5 Å². The second-order valence-electron chi connectivity index (χ2n) is 11.0. The van der Waals surface area contributed by atoms with E-state index in [4.69, 9.17) is 16.2 Å². The van der Waals surface area contributed by atoms with Gasteiger partial charge >= 0.3 is 12.1 Å². The zero-order chi connectivity index (χ0) is 35.5. The fourth-order valence-electron chi connectivity index (χ4n) is 4.26. The van der Waals surface area contributed by atoms with Crippen LogP contribution in [-0.2, 0) is 27.4 Å². The van der Waals surface area contributed by atoms with Gasteiger partial charge in [0.1, 0.15) is 24.4 Å². The Morgan fingerprint density at radius 3 is 2.25 bits per heavy atom. The quantitative estimate of drug-likeness (QED) is 0.0363. The highest BCUT2D eigenvalue weighted by molar-refractivity contribution is 5.92. The van der Waals surface area contributed by atoms with Gasteiger partial charge < -0.3 is 37.3 Å². The Hall–Kier alpha value is -5.94. The molecule has 0 spiro atoms. The number of rotatable bonds is 18. The molecule has 0 unspecified atom stereocenters. The van der Waals surface area contributed by atoms with Crippen LogP contribution in [0.1, 0.15) is 44.2 Å². The Bertz CT molecular complexity index is 1420. The summed E-state index contributed by atoms with van der Waals surface area (Å²) < 4.78 is 5.31. The summed E-state index contributed by atoms with van der Waals surface area (Å²) in [7, 11) is 0. The van der Waals surface area contributed by atoms with Crippen LogP contribution in [0.5, 0.6) is 5.75 Å². The Morgan fingerprint density at radius 1 is 0.958 bits per heavy atom. The van der Waals surface area contributed by atoms with Gasteiger partial charge in [0, 0.05) is 19.2 Å². The maximum atomic E-state index is 13.6. The van der Waals surface area contributed by atoms with Crippen LogP contribution in [0.15, 0.2) is 64.7 Å². The standard InChI is InChI=1S/C30H42N10O8/c1-19(2)15-24(26(42)35-22(17-34-38-29(32)44)9-6-14-33-28(31)39-40(46)47)36-27(43)25(16-20-10-12-23(41)13-11-20)37-30(45)48-18-21-7-4-3-5-8-21/h3-5,7-8,10-13,17,19,22,24-25,41H,6,9,14-16,18H2,1-2H3,(H,35,42)(H,36,43)(H,37,45)(H3,31,33,39)(H3,32,38,44)/b34-17+/t22-,24-,25-/m0/s1. The molecule has 2 rings (SSSR count). The molecule has 0 bridgehead atoms. The van der Waals surface area contributed by atoms with Crippen LogP contribution in [-0.4, -0.2) is 70.9 Å². The van der Waals surface area contributed by atoms with Crippen molar-refractivity contribution >= 4 is 36.1 Å². The van der Waals surface area contributed by atoms with Gasteiger partial charge in [-0.15, -0.1) is 0 Å². The van der Waals surface area contributed by atoms with Crippen LogP contribution in [0.25, 0.3) is 0 Å². The number of urea groups is 1. The minimum Gasteiger partial charge on any atom is -0.508 e. The number of primary amides is 1. The predicted octanol–water partition coefficient (Wildman–Crippen LogP) is 0.776. The molecule has 0 saturated heterocycles. The first-order chi connectivity index (χ1) is 22.8. The summed E-state index contributed by atoms with van der Waals surface area (Å²) in [6.45, 7) is 3.75. The molecule has 3 atom stereocenters. The number of nitrogens with zero attached hydrogens (tertiary/aromatic N) is 3. The van der Waals surface area contributed by atoms with Crippen LogP contribution in [0, 0.1) is 16.0 Å². The number of nitro groups is 1. The molecule has 0 saturated carbocycles. The largest absolute Gasteiger partial charge is 0.508 e. The fraction of sp³-hybridized carbons (Fsp3) is 0.400. The minimum absolute atomic E-state index is 0.0194. The van der Waals surface area contributed by atoms with Crippen LogP contribution in [0.2, 0.25) is 0 Å². The molecular formula is C30H42N10O8. The Kier molecular flexibility index (Phi) is 16.1. The number of aliphatic imine (C=N–C) groups is 1. The lowest BCUT2D eigenvalue weighted by molar-refractivity contribution is -0.525. The van der Waals surface area contributed by atoms with E-state index in [-0.39, 0.29) is 44.1 Å². The van der Waals surface area contributed by atoms with Gasteiger partial charge in [0.25, 0.3) is 5.96 Å². The Morgan fingerprint density at radius 2 is 1.62 bits per heavy atom. The SMILES string of the molecule is CC(C)C[C@H](NC(=O)[C@H](Cc1ccc(O)cc1)NC(=O)OCc1ccccc1)C(=O)N[C@H](/C=N/NC(N)=O)CCCN=C(N)N[N+](=O)[O-]. The van der Waals surface area contributed by atoms with Crippen molar-refractivity contribution in [1.82, 2.24) is 26.8 Å². The summed E-state index contributed by atoms with van der Waals surface area (Å²) in [5.74, 6) is -1.67. The number of phenolic OH excluding ortho intramolecular Hbond substituents is 1. The summed E-state index contributed by atoms with van der Waals surface area (Å²) in [5, 5.41) is 31.1. The molecule has 0 radical (unpaired) electrons. The van der Waals surface area contributed by atoms with Crippen LogP contribution >= 0.6 is 0 Å². The highest BCUT2D eigenvalue weighted by atomic mass is 16.7. The third kappa shape index (κ3) is 15.9. The average Bonchev–Trinajstić information content (AvgIpc) is 3.02. The monoisotopic (exact) mass is 670 g/mol. The second kappa shape index (κ2) is 20.2. The highest BCUT2D eigenvalue weighted by Gasteiger charge is 2.29. The maximum absolute atomic E-state index is 13.6. The number of carbonyl (C=O) groups excluding carboxylic acids is 4. The first-order valence-electron chi connectivity index (χ1n) is 15.0. The first-order valence-corrected chi connectivity index (χ1v) is 15.0. The molecule has 260 valence electrons. The summed E-state index contributed by atoms with van der Waals surface area (Å²) in [6, 6.07) is 11.1. The molecule has 0 aliphatic rings. The first kappa shape index (κ1) is 38.2. The number of benzene rings is 2. The molecule has 10 N–H and O–H groups in total. The van der Waals surface area contributed by atoms with Gasteiger partial charge in [-0.3, -0.25) is 9.59 Å². The van der Waals surface area contributed by atoms with E-state index >= 15 is 0 Å². The van der Waals surface area contributed by atoms with E-state index in [1.165, 1.54) is 18.3 Å². The molecule has 2 aromatic carbocycles. The smallest absolute Gasteiger partial charge is 0.408 e. The van der Waals surface area contributed by atoms with Gasteiger partial charge in [0.05, 0.1) is 6.04 Å². The molecule has 5 amide bonds. The van der Waals surface area contributed by atoms with Gasteiger partial charge in [0.15, 0.2) is 5.03 Å². The highest BCUT2D eigenvalue weighted by Crippen LogP contribution is 2.13. The summed E-state index contributed by atoms with van der Waals surface area (Å²) >= 11 is 0. The molecule has 0 heterocycles. The van der Waals surface area contributed by atoms with E-state index in [1.54, 1.807) is 41.8 Å². The van der Waals surface area contributed by atoms with Crippen molar-refractivity contribution in [2.45, 2.75) is 64.3 Å². The number of amides is 5. The third-order valence-electron chi connectivity index (χ3n) is 6.46. The number of alkyl carbamates (subject to hydrolysis) is 1. The number of aromatic hydroxyl groups is 1. The van der Waals surface area contributed by atoms with Crippen molar-refractivity contribution in [3.63, 3.8) is 0 Å². The summed E-state index contributed by atoms with van der Waals surface area (Å²) in [4.78, 5) is 65.3. The maximum Gasteiger partial charge on any atom is 0.408 e. The second-order valence-corrected chi connectivity index (χ2v) is 11.0. The van der Waals surface area contributed by atoms with Gasteiger partial charge in [-0.1, -0.05) is 61.7 Å². The van der Waals surface area contributed by atoms with Crippen molar-refractivity contribution in [3.05, 3.63) is 75.8 Å². The Labute approximate surface area is 276 Å². The predicted molar refractivity (Wildman–Crippen MR) is 176 cm³/mol. The molecule has 48 heavy (non-hydrogen) atoms. The average molecular weight is 671 g/mol. The molecule has 18 heteroatoms. The van der Waals surface area contributed by atoms with Gasteiger partial charge in [-0.2, -0.15) is 5.10 Å². The van der Waals surface area contributed by atoms with Crippen LogP contribution < -0.4 is 38.3 Å². The Balaban J connectivity index is 2.19. The third-order valence-corrected chi connectivity index (χ3v) is 6.46. The van der Waals surface area contributed by atoms with E-state index in [0.29, 0.717) is 12.0 Å². The van der Waals surface area contributed by atoms with Crippen molar-refractivity contribution < 1.29 is 34.1 Å². The number of ether oxygens (including phenoxy) is 1. The van der Waals surface area contributed by atoms with Gasteiger partial charge in [0.2, 0.25) is 11.8 Å². The fourth-order valence-corrected chi connectivity index (χ4v) is 4.26. The summed E-state index contributed by atoms with van der Waals surface area (Å²) in [6.07, 6.45) is 1.13. The number of guanidine groups is 1. The lowest BCUT2D eigenvalue weighted by atomic mass is 10.0. The number of hydrogen-bond donors (Lipinski definition) is 8. The van der Waals surface area contributed by atoms with Crippen molar-refractivity contribution in [1.29, 1.82) is 0 Å². The van der Waals surface area contributed by atoms with Crippen LogP contribution in [0.3, 0.4) is 0 Å². The lowest BCUT2D eigenvalue weighted by Crippen LogP contribution is -2.56. The molecule has 0 fully saturated rings. The number of hydrazine groups is 1. The van der Waals surface area contributed by atoms with E-state index < -0.39 is 53.1 Å². The number of phenols is 1. The molecular weight excluding hydrogens is 628 g/mol. The molecule has 0 aliphatic heterocycles. The van der Waals surface area contributed by atoms with Crippen molar-refractivity contribution in [2.75, 3.05) is 6.54 Å². The van der Waals surface area contributed by atoms with Crippen molar-refractivity contribution in [3.8, 4) is 5.75 Å². The zero-order valence-electron chi connectivity index (χ0n) is 26.6. The molecule has 2 aromatic rings. The van der Waals surface area contributed by atoms with Crippen LogP contribution in [0.4, 0.5) is 9.59 Å². The normalized spacial score (nSPS) is 13.2. The number of hydrogen-bond acceptors (Lipinski definition) is 10. The van der Waals surface area contributed by atoms with E-state index in [2.05, 4.69) is 26.0 Å². The molecule has 0 aliphatic carbocycles. The van der Waals surface area contributed by atoms with Gasteiger partial charge in [-0.25, -0.2) is 30.1 Å². The number of carbonyl (C=O) groups is 4. The number of hydrazone groups is 1. The molecule has 18 nitrogen and oxygen atoms in total. The number of nitrogens with one attached hydrogen (secondary N) is 5.